The second-order valence-corrected chi connectivity index (χ2v) is 6.28. The number of carbonyl (C=O) groups is 1. The molecule has 0 aliphatic heterocycles. The highest BCUT2D eigenvalue weighted by Gasteiger charge is 2.32. The van der Waals surface area contributed by atoms with Gasteiger partial charge in [-0.05, 0) is 32.3 Å². The highest BCUT2D eigenvalue weighted by molar-refractivity contribution is 5.82. The lowest BCUT2D eigenvalue weighted by Crippen LogP contribution is -2.21. The van der Waals surface area contributed by atoms with E-state index in [4.69, 9.17) is 4.52 Å². The van der Waals surface area contributed by atoms with Crippen molar-refractivity contribution in [2.24, 2.45) is 5.92 Å². The minimum Gasteiger partial charge on any atom is -0.339 e. The summed E-state index contributed by atoms with van der Waals surface area (Å²) in [6.45, 7) is 9.64. The Hall–Kier alpha value is -1.97. The largest absolute Gasteiger partial charge is 0.339 e. The fourth-order valence-corrected chi connectivity index (χ4v) is 2.53. The van der Waals surface area contributed by atoms with E-state index in [-0.39, 0.29) is 23.0 Å². The molecule has 4 nitrogen and oxygen atoms in total. The normalized spacial score (nSPS) is 13.4. The lowest BCUT2D eigenvalue weighted by molar-refractivity contribution is -0.119. The van der Waals surface area contributed by atoms with E-state index < -0.39 is 0 Å². The Bertz CT molecular complexity index is 615. The zero-order valence-electron chi connectivity index (χ0n) is 13.3. The molecular weight excluding hydrogens is 264 g/mol. The number of hydrogen-bond donors (Lipinski definition) is 0. The summed E-state index contributed by atoms with van der Waals surface area (Å²) in [5, 5.41) is 4.11. The van der Waals surface area contributed by atoms with Crippen molar-refractivity contribution in [1.82, 2.24) is 10.1 Å². The maximum atomic E-state index is 11.8. The maximum absolute atomic E-state index is 11.8. The van der Waals surface area contributed by atoms with Gasteiger partial charge in [-0.25, -0.2) is 0 Å². The topological polar surface area (TPSA) is 56.0 Å². The molecule has 2 aromatic rings. The number of rotatable bonds is 5. The molecule has 0 N–H and O–H groups in total. The fourth-order valence-electron chi connectivity index (χ4n) is 2.53. The molecule has 1 atom stereocenters. The first-order valence-electron chi connectivity index (χ1n) is 7.24. The van der Waals surface area contributed by atoms with Crippen LogP contribution in [0.15, 0.2) is 34.9 Å². The summed E-state index contributed by atoms with van der Waals surface area (Å²) in [5.41, 5.74) is 0.752. The van der Waals surface area contributed by atoms with E-state index in [2.05, 4.69) is 24.0 Å². The van der Waals surface area contributed by atoms with Crippen LogP contribution in [0.25, 0.3) is 0 Å². The monoisotopic (exact) mass is 286 g/mol. The zero-order chi connectivity index (χ0) is 15.6. The van der Waals surface area contributed by atoms with Crippen LogP contribution in [0.5, 0.6) is 0 Å². The minimum absolute atomic E-state index is 0.0534. The molecule has 21 heavy (non-hydrogen) atoms. The molecule has 0 aliphatic carbocycles. The van der Waals surface area contributed by atoms with E-state index in [1.54, 1.807) is 6.92 Å². The highest BCUT2D eigenvalue weighted by Crippen LogP contribution is 2.31. The van der Waals surface area contributed by atoms with E-state index in [0.29, 0.717) is 11.7 Å². The van der Waals surface area contributed by atoms with E-state index in [1.165, 1.54) is 0 Å². The van der Waals surface area contributed by atoms with E-state index in [0.717, 1.165) is 5.56 Å². The molecular formula is C17H22N2O2. The van der Waals surface area contributed by atoms with Crippen LogP contribution in [0.2, 0.25) is 0 Å². The highest BCUT2D eigenvalue weighted by atomic mass is 16.5. The molecule has 1 aromatic heterocycles. The number of hydrogen-bond acceptors (Lipinski definition) is 4. The molecule has 1 heterocycles. The van der Waals surface area contributed by atoms with Gasteiger partial charge in [0.1, 0.15) is 5.78 Å². The predicted octanol–water partition coefficient (Wildman–Crippen LogP) is 3.72. The van der Waals surface area contributed by atoms with Gasteiger partial charge in [0.05, 0.1) is 11.3 Å². The number of Topliss-reactive ketones (excluding diaryl/α,β-unsaturated/α-hetero) is 1. The Morgan fingerprint density at radius 2 is 1.81 bits per heavy atom. The molecule has 0 fully saturated rings. The van der Waals surface area contributed by atoms with Gasteiger partial charge in [0.15, 0.2) is 5.82 Å². The molecule has 0 radical (unpaired) electrons. The second kappa shape index (κ2) is 5.80. The molecule has 2 rings (SSSR count). The molecule has 4 heteroatoms. The minimum atomic E-state index is -0.360. The van der Waals surface area contributed by atoms with Crippen LogP contribution in [-0.4, -0.2) is 15.9 Å². The third-order valence-electron chi connectivity index (χ3n) is 3.87. The average Bonchev–Trinajstić information content (AvgIpc) is 2.89. The summed E-state index contributed by atoms with van der Waals surface area (Å²) in [5.74, 6) is 0.873. The molecule has 0 saturated carbocycles. The van der Waals surface area contributed by atoms with Crippen LogP contribution in [-0.2, 0) is 10.2 Å². The Kier molecular flexibility index (Phi) is 4.26. The van der Waals surface area contributed by atoms with Gasteiger partial charge in [-0.1, -0.05) is 49.3 Å². The van der Waals surface area contributed by atoms with Gasteiger partial charge in [0.25, 0.3) is 0 Å². The van der Waals surface area contributed by atoms with Crippen LogP contribution in [0.3, 0.4) is 0 Å². The van der Waals surface area contributed by atoms with Gasteiger partial charge in [0.2, 0.25) is 5.89 Å². The summed E-state index contributed by atoms with van der Waals surface area (Å²) in [6, 6.07) is 10.0. The second-order valence-electron chi connectivity index (χ2n) is 6.28. The summed E-state index contributed by atoms with van der Waals surface area (Å²) in [6.07, 6.45) is 0. The van der Waals surface area contributed by atoms with Crippen molar-refractivity contribution in [3.05, 3.63) is 47.6 Å². The number of aromatic nitrogens is 2. The van der Waals surface area contributed by atoms with Crippen LogP contribution >= 0.6 is 0 Å². The van der Waals surface area contributed by atoms with Gasteiger partial charge >= 0.3 is 0 Å². The number of nitrogens with zero attached hydrogens (tertiary/aromatic N) is 2. The van der Waals surface area contributed by atoms with Crippen LogP contribution < -0.4 is 0 Å². The van der Waals surface area contributed by atoms with Crippen molar-refractivity contribution in [3.63, 3.8) is 0 Å². The van der Waals surface area contributed by atoms with Crippen molar-refractivity contribution in [3.8, 4) is 0 Å². The summed E-state index contributed by atoms with van der Waals surface area (Å²) in [4.78, 5) is 16.3. The first-order valence-corrected chi connectivity index (χ1v) is 7.24. The molecule has 0 aliphatic rings. The third-order valence-corrected chi connectivity index (χ3v) is 3.87. The van der Waals surface area contributed by atoms with Gasteiger partial charge in [-0.2, -0.15) is 4.98 Å². The molecule has 0 saturated heterocycles. The SMILES string of the molecule is CC(=O)C(c1nc(C(C)(C)c2ccccc2)no1)C(C)C. The van der Waals surface area contributed by atoms with Gasteiger partial charge < -0.3 is 4.52 Å². The summed E-state index contributed by atoms with van der Waals surface area (Å²) >= 11 is 0. The van der Waals surface area contributed by atoms with Crippen LogP contribution in [0.1, 0.15) is 57.8 Å². The molecule has 112 valence electrons. The van der Waals surface area contributed by atoms with Crippen LogP contribution in [0.4, 0.5) is 0 Å². The summed E-state index contributed by atoms with van der Waals surface area (Å²) < 4.78 is 5.38. The Morgan fingerprint density at radius 1 is 1.19 bits per heavy atom. The summed E-state index contributed by atoms with van der Waals surface area (Å²) in [7, 11) is 0. The van der Waals surface area contributed by atoms with Gasteiger partial charge in [0, 0.05) is 0 Å². The van der Waals surface area contributed by atoms with E-state index >= 15 is 0 Å². The first-order chi connectivity index (χ1) is 9.84. The molecule has 0 spiro atoms. The standard InChI is InChI=1S/C17H22N2O2/c1-11(2)14(12(3)20)15-18-16(19-21-15)17(4,5)13-9-7-6-8-10-13/h6-11,14H,1-5H3. The van der Waals surface area contributed by atoms with Crippen molar-refractivity contribution in [1.29, 1.82) is 0 Å². The van der Waals surface area contributed by atoms with Crippen molar-refractivity contribution in [2.75, 3.05) is 0 Å². The molecule has 0 bridgehead atoms. The van der Waals surface area contributed by atoms with Crippen LogP contribution in [0, 0.1) is 5.92 Å². The van der Waals surface area contributed by atoms with Crippen molar-refractivity contribution < 1.29 is 9.32 Å². The van der Waals surface area contributed by atoms with Crippen molar-refractivity contribution in [2.45, 2.75) is 46.0 Å². The van der Waals surface area contributed by atoms with E-state index in [1.807, 2.05) is 44.2 Å². The zero-order valence-corrected chi connectivity index (χ0v) is 13.3. The Morgan fingerprint density at radius 3 is 2.33 bits per heavy atom. The number of ketones is 1. The molecule has 1 aromatic carbocycles. The molecule has 1 unspecified atom stereocenters. The predicted molar refractivity (Wildman–Crippen MR) is 81.1 cm³/mol. The lowest BCUT2D eigenvalue weighted by atomic mass is 9.84. The number of benzene rings is 1. The quantitative estimate of drug-likeness (QED) is 0.840. The average molecular weight is 286 g/mol. The fraction of sp³-hybridized carbons (Fsp3) is 0.471. The lowest BCUT2D eigenvalue weighted by Gasteiger charge is -2.20. The molecule has 0 amide bonds. The smallest absolute Gasteiger partial charge is 0.237 e. The number of carbonyl (C=O) groups excluding carboxylic acids is 1. The van der Waals surface area contributed by atoms with Gasteiger partial charge in [-0.3, -0.25) is 4.79 Å². The first kappa shape index (κ1) is 15.4. The third kappa shape index (κ3) is 3.04. The Balaban J connectivity index is 2.37. The van der Waals surface area contributed by atoms with Crippen molar-refractivity contribution >= 4 is 5.78 Å². The maximum Gasteiger partial charge on any atom is 0.237 e. The van der Waals surface area contributed by atoms with E-state index in [9.17, 15) is 4.79 Å². The van der Waals surface area contributed by atoms with Gasteiger partial charge in [-0.15, -0.1) is 0 Å². The Labute approximate surface area is 125 Å².